The number of hydrogen-bond acceptors (Lipinski definition) is 4. The van der Waals surface area contributed by atoms with Crippen LogP contribution in [0.2, 0.25) is 0 Å². The lowest BCUT2D eigenvalue weighted by Crippen LogP contribution is -2.20. The van der Waals surface area contributed by atoms with Crippen molar-refractivity contribution < 1.29 is 0 Å². The van der Waals surface area contributed by atoms with Gasteiger partial charge in [-0.3, -0.25) is 0 Å². The summed E-state index contributed by atoms with van der Waals surface area (Å²) < 4.78 is 0. The van der Waals surface area contributed by atoms with Gasteiger partial charge in [-0.15, -0.1) is 0 Å². The van der Waals surface area contributed by atoms with E-state index in [-0.39, 0.29) is 0 Å². The van der Waals surface area contributed by atoms with Crippen molar-refractivity contribution in [2.75, 3.05) is 18.4 Å². The van der Waals surface area contributed by atoms with Crippen molar-refractivity contribution in [3.63, 3.8) is 0 Å². The van der Waals surface area contributed by atoms with E-state index < -0.39 is 0 Å². The molecule has 0 saturated heterocycles. The summed E-state index contributed by atoms with van der Waals surface area (Å²) in [5.74, 6) is 2.00. The predicted molar refractivity (Wildman–Crippen MR) is 65.5 cm³/mol. The molecule has 1 aromatic rings. The van der Waals surface area contributed by atoms with Gasteiger partial charge in [0.2, 0.25) is 5.95 Å². The molecule has 88 valence electrons. The average Bonchev–Trinajstić information content (AvgIpc) is 2.26. The van der Waals surface area contributed by atoms with Gasteiger partial charge in [0.15, 0.2) is 0 Å². The zero-order chi connectivity index (χ0) is 11.5. The highest BCUT2D eigenvalue weighted by molar-refractivity contribution is 5.33. The van der Waals surface area contributed by atoms with E-state index in [1.54, 1.807) is 0 Å². The summed E-state index contributed by atoms with van der Waals surface area (Å²) in [7, 11) is 0. The molecule has 4 heteroatoms. The fraction of sp³-hybridized carbons (Fsp3) is 0.667. The number of rotatable bonds is 3. The minimum atomic E-state index is 0.542. The van der Waals surface area contributed by atoms with Crippen LogP contribution < -0.4 is 11.1 Å². The van der Waals surface area contributed by atoms with Gasteiger partial charge in [0.05, 0.1) is 5.69 Å². The van der Waals surface area contributed by atoms with Gasteiger partial charge in [0, 0.05) is 19.3 Å². The molecule has 0 saturated carbocycles. The van der Waals surface area contributed by atoms with Crippen LogP contribution in [0.25, 0.3) is 0 Å². The van der Waals surface area contributed by atoms with Crippen LogP contribution in [0.3, 0.4) is 0 Å². The zero-order valence-corrected chi connectivity index (χ0v) is 10.0. The fourth-order valence-electron chi connectivity index (χ4n) is 2.45. The number of anilines is 1. The van der Waals surface area contributed by atoms with E-state index in [1.807, 2.05) is 6.20 Å². The molecule has 0 aromatic carbocycles. The highest BCUT2D eigenvalue weighted by atomic mass is 15.1. The summed E-state index contributed by atoms with van der Waals surface area (Å²) in [6, 6.07) is 0. The lowest BCUT2D eigenvalue weighted by Gasteiger charge is -2.26. The number of fused-ring (bicyclic) bond motifs is 1. The van der Waals surface area contributed by atoms with Crippen molar-refractivity contribution in [1.82, 2.24) is 9.97 Å². The van der Waals surface area contributed by atoms with Crippen LogP contribution in [0.15, 0.2) is 6.20 Å². The molecule has 2 unspecified atom stereocenters. The van der Waals surface area contributed by atoms with E-state index in [4.69, 9.17) is 5.73 Å². The van der Waals surface area contributed by atoms with Crippen LogP contribution in [-0.2, 0) is 6.42 Å². The Balaban J connectivity index is 2.20. The number of nitrogens with one attached hydrogen (secondary N) is 1. The minimum Gasteiger partial charge on any atom is -0.353 e. The average molecular weight is 220 g/mol. The predicted octanol–water partition coefficient (Wildman–Crippen LogP) is 1.53. The van der Waals surface area contributed by atoms with E-state index >= 15 is 0 Å². The van der Waals surface area contributed by atoms with Gasteiger partial charge in [-0.2, -0.15) is 0 Å². The van der Waals surface area contributed by atoms with Gasteiger partial charge < -0.3 is 11.1 Å². The third kappa shape index (κ3) is 2.32. The Kier molecular flexibility index (Phi) is 3.39. The lowest BCUT2D eigenvalue weighted by molar-refractivity contribution is 0.440. The van der Waals surface area contributed by atoms with Crippen LogP contribution in [-0.4, -0.2) is 23.1 Å². The van der Waals surface area contributed by atoms with E-state index in [0.717, 1.165) is 18.9 Å². The summed E-state index contributed by atoms with van der Waals surface area (Å²) in [5.41, 5.74) is 7.97. The van der Waals surface area contributed by atoms with Crippen molar-refractivity contribution in [2.45, 2.75) is 32.6 Å². The second-order valence-corrected chi connectivity index (χ2v) is 4.77. The van der Waals surface area contributed by atoms with E-state index in [0.29, 0.717) is 18.4 Å². The van der Waals surface area contributed by atoms with Crippen LogP contribution in [0.1, 0.15) is 37.4 Å². The van der Waals surface area contributed by atoms with Crippen LogP contribution in [0, 0.1) is 5.92 Å². The van der Waals surface area contributed by atoms with E-state index in [9.17, 15) is 0 Å². The molecule has 0 bridgehead atoms. The molecule has 0 aliphatic heterocycles. The fourth-order valence-corrected chi connectivity index (χ4v) is 2.45. The van der Waals surface area contributed by atoms with Crippen molar-refractivity contribution in [1.29, 1.82) is 0 Å². The highest BCUT2D eigenvalue weighted by Gasteiger charge is 2.23. The second-order valence-electron chi connectivity index (χ2n) is 4.77. The summed E-state index contributed by atoms with van der Waals surface area (Å²) in [6.45, 7) is 5.87. The molecule has 1 aliphatic rings. The van der Waals surface area contributed by atoms with Crippen molar-refractivity contribution in [2.24, 2.45) is 11.7 Å². The first-order valence-electron chi connectivity index (χ1n) is 6.00. The summed E-state index contributed by atoms with van der Waals surface area (Å²) in [4.78, 5) is 8.91. The number of nitrogens with zero attached hydrogens (tertiary/aromatic N) is 2. The Morgan fingerprint density at radius 2 is 2.31 bits per heavy atom. The summed E-state index contributed by atoms with van der Waals surface area (Å²) >= 11 is 0. The maximum Gasteiger partial charge on any atom is 0.222 e. The molecule has 2 atom stereocenters. The number of aromatic nitrogens is 2. The van der Waals surface area contributed by atoms with Gasteiger partial charge in [0.25, 0.3) is 0 Å². The maximum absolute atomic E-state index is 5.44. The second kappa shape index (κ2) is 4.78. The van der Waals surface area contributed by atoms with Gasteiger partial charge in [-0.05, 0) is 30.2 Å². The smallest absolute Gasteiger partial charge is 0.222 e. The first-order chi connectivity index (χ1) is 7.70. The SMILES string of the molecule is CC1Cc2cnc(NCCN)nc2C(C)C1. The van der Waals surface area contributed by atoms with Gasteiger partial charge >= 0.3 is 0 Å². The Morgan fingerprint density at radius 1 is 1.50 bits per heavy atom. The molecule has 1 heterocycles. The van der Waals surface area contributed by atoms with Crippen molar-refractivity contribution in [3.8, 4) is 0 Å². The Labute approximate surface area is 96.7 Å². The molecule has 0 spiro atoms. The third-order valence-corrected chi connectivity index (χ3v) is 3.12. The molecule has 1 aromatic heterocycles. The topological polar surface area (TPSA) is 63.8 Å². The van der Waals surface area contributed by atoms with Gasteiger partial charge in [-0.1, -0.05) is 13.8 Å². The molecule has 4 nitrogen and oxygen atoms in total. The van der Waals surface area contributed by atoms with E-state index in [2.05, 4.69) is 29.1 Å². The van der Waals surface area contributed by atoms with E-state index in [1.165, 1.54) is 17.7 Å². The quantitative estimate of drug-likeness (QED) is 0.811. The first-order valence-corrected chi connectivity index (χ1v) is 6.00. The van der Waals surface area contributed by atoms with Crippen LogP contribution in [0.4, 0.5) is 5.95 Å². The largest absolute Gasteiger partial charge is 0.353 e. The Morgan fingerprint density at radius 3 is 3.06 bits per heavy atom. The number of hydrogen-bond donors (Lipinski definition) is 2. The summed E-state index contributed by atoms with van der Waals surface area (Å²) in [6.07, 6.45) is 4.30. The van der Waals surface area contributed by atoms with Gasteiger partial charge in [-0.25, -0.2) is 9.97 Å². The molecule has 3 N–H and O–H groups in total. The maximum atomic E-state index is 5.44. The highest BCUT2D eigenvalue weighted by Crippen LogP contribution is 2.32. The molecule has 0 fully saturated rings. The van der Waals surface area contributed by atoms with Crippen LogP contribution in [0.5, 0.6) is 0 Å². The first kappa shape index (κ1) is 11.3. The molecule has 0 amide bonds. The summed E-state index contributed by atoms with van der Waals surface area (Å²) in [5, 5.41) is 3.13. The standard InChI is InChI=1S/C12H20N4/c1-8-5-9(2)11-10(6-8)7-15-12(16-11)14-4-3-13/h7-9H,3-6,13H2,1-2H3,(H,14,15,16). The van der Waals surface area contributed by atoms with Crippen molar-refractivity contribution in [3.05, 3.63) is 17.5 Å². The molecule has 0 radical (unpaired) electrons. The molecule has 16 heavy (non-hydrogen) atoms. The molecule has 2 rings (SSSR count). The molecular formula is C12H20N4. The third-order valence-electron chi connectivity index (χ3n) is 3.12. The Hall–Kier alpha value is -1.16. The minimum absolute atomic E-state index is 0.542. The van der Waals surface area contributed by atoms with Crippen LogP contribution >= 0.6 is 0 Å². The zero-order valence-electron chi connectivity index (χ0n) is 10.0. The number of nitrogens with two attached hydrogens (primary N) is 1. The lowest BCUT2D eigenvalue weighted by atomic mass is 9.82. The Bertz CT molecular complexity index is 364. The monoisotopic (exact) mass is 220 g/mol. The van der Waals surface area contributed by atoms with Gasteiger partial charge in [0.1, 0.15) is 0 Å². The van der Waals surface area contributed by atoms with Crippen molar-refractivity contribution >= 4 is 5.95 Å². The normalized spacial score (nSPS) is 23.9. The molecular weight excluding hydrogens is 200 g/mol. The molecule has 1 aliphatic carbocycles.